The van der Waals surface area contributed by atoms with Crippen molar-refractivity contribution in [3.05, 3.63) is 77.3 Å². The van der Waals surface area contributed by atoms with Gasteiger partial charge in [0.05, 0.1) is 42.8 Å². The van der Waals surface area contributed by atoms with E-state index in [0.717, 1.165) is 11.6 Å². The summed E-state index contributed by atoms with van der Waals surface area (Å²) in [4.78, 5) is 42.9. The van der Waals surface area contributed by atoms with E-state index < -0.39 is 52.8 Å². The Bertz CT molecular complexity index is 2060. The van der Waals surface area contributed by atoms with Crippen LogP contribution in [0.4, 0.5) is 48.7 Å². The van der Waals surface area contributed by atoms with Crippen molar-refractivity contribution in [3.8, 4) is 11.1 Å². The molecule has 3 heterocycles. The Hall–Kier alpha value is -5.78. The van der Waals surface area contributed by atoms with Crippen LogP contribution in [0.5, 0.6) is 0 Å². The molecule has 1 aliphatic rings. The number of methoxy groups -OCH3 is 2. The van der Waals surface area contributed by atoms with E-state index in [9.17, 15) is 31.9 Å². The summed E-state index contributed by atoms with van der Waals surface area (Å²) in [6.45, 7) is 3.62. The maximum absolute atomic E-state index is 15.6. The average molecular weight is 732 g/mol. The van der Waals surface area contributed by atoms with Gasteiger partial charge in [0.15, 0.2) is 5.82 Å². The molecule has 276 valence electrons. The van der Waals surface area contributed by atoms with Crippen LogP contribution in [0, 0.1) is 11.6 Å². The van der Waals surface area contributed by atoms with Crippen molar-refractivity contribution in [1.82, 2.24) is 19.5 Å². The number of hydrogen-bond acceptors (Lipinski definition) is 9. The number of amides is 3. The van der Waals surface area contributed by atoms with Gasteiger partial charge in [0.1, 0.15) is 29.1 Å². The van der Waals surface area contributed by atoms with Gasteiger partial charge < -0.3 is 35.5 Å². The number of rotatable bonds is 9. The zero-order valence-electron chi connectivity index (χ0n) is 28.4. The molecule has 0 unspecified atom stereocenters. The molecule has 0 atom stereocenters. The van der Waals surface area contributed by atoms with E-state index in [4.69, 9.17) is 15.2 Å². The molecule has 4 N–H and O–H groups in total. The van der Waals surface area contributed by atoms with Crippen LogP contribution in [0.25, 0.3) is 22.2 Å². The first kappa shape index (κ1) is 37.5. The molecule has 2 aromatic heterocycles. The molecular weight excluding hydrogens is 697 g/mol. The molecule has 0 spiro atoms. The van der Waals surface area contributed by atoms with Crippen LogP contribution < -0.4 is 16.4 Å². The van der Waals surface area contributed by atoms with E-state index >= 15 is 4.39 Å². The van der Waals surface area contributed by atoms with Crippen molar-refractivity contribution in [1.29, 1.82) is 0 Å². The van der Waals surface area contributed by atoms with Crippen molar-refractivity contribution in [3.63, 3.8) is 0 Å². The van der Waals surface area contributed by atoms with Gasteiger partial charge in [0, 0.05) is 31.3 Å². The fraction of sp³-hybridized carbons (Fsp3) is 0.324. The zero-order chi connectivity index (χ0) is 38.0. The number of hydrogen-bond donors (Lipinski definition) is 3. The van der Waals surface area contributed by atoms with E-state index in [1.807, 2.05) is 5.32 Å². The number of nitrogens with one attached hydrogen (secondary N) is 2. The van der Waals surface area contributed by atoms with Crippen molar-refractivity contribution in [2.75, 3.05) is 43.7 Å². The number of nitrogen functional groups attached to an aromatic ring is 1. The topological polar surface area (TPSA) is 162 Å². The number of urea groups is 1. The van der Waals surface area contributed by atoms with Crippen molar-refractivity contribution >= 4 is 46.4 Å². The predicted molar refractivity (Wildman–Crippen MR) is 179 cm³/mol. The summed E-state index contributed by atoms with van der Waals surface area (Å²) < 4.78 is 86.4. The number of halogens is 5. The van der Waals surface area contributed by atoms with Crippen LogP contribution in [-0.4, -0.2) is 70.5 Å². The first-order valence-corrected chi connectivity index (χ1v) is 15.6. The first-order chi connectivity index (χ1) is 24.5. The highest BCUT2D eigenvalue weighted by atomic mass is 19.4. The molecule has 3 amide bonds. The lowest BCUT2D eigenvalue weighted by atomic mass is 9.96. The molecule has 52 heavy (non-hydrogen) atoms. The third-order valence-corrected chi connectivity index (χ3v) is 8.12. The first-order valence-electron chi connectivity index (χ1n) is 15.6. The molecule has 0 bridgehead atoms. The molecule has 0 radical (unpaired) electrons. The number of alkyl halides is 3. The van der Waals surface area contributed by atoms with Gasteiger partial charge in [0.25, 0.3) is 0 Å². The fourth-order valence-electron chi connectivity index (χ4n) is 5.74. The second-order valence-corrected chi connectivity index (χ2v) is 12.3. The van der Waals surface area contributed by atoms with Crippen molar-refractivity contribution < 1.29 is 50.5 Å². The minimum atomic E-state index is -4.78. The Labute approximate surface area is 293 Å². The lowest BCUT2D eigenvalue weighted by Gasteiger charge is -2.31. The van der Waals surface area contributed by atoms with Crippen LogP contribution in [0.15, 0.2) is 48.8 Å². The van der Waals surface area contributed by atoms with Crippen molar-refractivity contribution in [2.24, 2.45) is 0 Å². The molecular formula is C34H34F5N7O6. The average Bonchev–Trinajstić information content (AvgIpc) is 3.40. The largest absolute Gasteiger partial charge is 0.469 e. The number of nitrogens with two attached hydrogens (primary N) is 1. The summed E-state index contributed by atoms with van der Waals surface area (Å²) in [5.41, 5.74) is 5.87. The van der Waals surface area contributed by atoms with Crippen LogP contribution in [0.3, 0.4) is 0 Å². The Morgan fingerprint density at radius 2 is 1.73 bits per heavy atom. The maximum atomic E-state index is 15.6. The molecule has 0 aliphatic carbocycles. The SMILES string of the molecule is COCc1c(-c2ccc(NC(=O)Nc3cc(C(F)(F)F)ccc3F)c(F)c2)c2c(N)ncnn2c1C1=CCN(C(=O)OC(C)(C)CC(=O)OC)CC1. The lowest BCUT2D eigenvalue weighted by Crippen LogP contribution is -2.41. The van der Waals surface area contributed by atoms with Gasteiger partial charge >= 0.3 is 24.3 Å². The monoisotopic (exact) mass is 731 g/mol. The van der Waals surface area contributed by atoms with Crippen LogP contribution in [0.1, 0.15) is 43.5 Å². The highest BCUT2D eigenvalue weighted by Gasteiger charge is 2.33. The zero-order valence-corrected chi connectivity index (χ0v) is 28.4. The number of carbonyl (C=O) groups is 3. The van der Waals surface area contributed by atoms with Crippen molar-refractivity contribution in [2.45, 2.75) is 45.1 Å². The number of carbonyl (C=O) groups excluding carboxylic acids is 3. The van der Waals surface area contributed by atoms with E-state index in [2.05, 4.69) is 20.1 Å². The van der Waals surface area contributed by atoms with Gasteiger partial charge in [-0.25, -0.2) is 27.9 Å². The highest BCUT2D eigenvalue weighted by Crippen LogP contribution is 2.41. The van der Waals surface area contributed by atoms with Crippen LogP contribution in [0.2, 0.25) is 0 Å². The standard InChI is InChI=1S/C34H34F5N7O6/c1-33(2,15-26(47)51-4)52-32(49)45-11-9-18(10-12-45)28-21(16-50-3)27(29-30(40)41-17-42-46(28)29)19-5-8-24(23(36)13-19)43-31(48)44-25-14-20(34(37,38)39)6-7-22(25)35/h5-9,13-14,17H,10-12,15-16H2,1-4H3,(H2,40,41,42)(H2,43,44,48). The number of nitrogens with zero attached hydrogens (tertiary/aromatic N) is 4. The fourth-order valence-corrected chi connectivity index (χ4v) is 5.74. The summed E-state index contributed by atoms with van der Waals surface area (Å²) in [5, 5.41) is 8.56. The van der Waals surface area contributed by atoms with Gasteiger partial charge in [0.2, 0.25) is 0 Å². The summed E-state index contributed by atoms with van der Waals surface area (Å²) >= 11 is 0. The normalized spacial score (nSPS) is 13.5. The number of aromatic nitrogens is 3. The predicted octanol–water partition coefficient (Wildman–Crippen LogP) is 6.63. The van der Waals surface area contributed by atoms with Crippen LogP contribution in [-0.2, 0) is 31.8 Å². The second kappa shape index (κ2) is 14.8. The lowest BCUT2D eigenvalue weighted by molar-refractivity contribution is -0.145. The number of benzene rings is 2. The number of fused-ring (bicyclic) bond motifs is 1. The number of ether oxygens (including phenoxy) is 3. The Balaban J connectivity index is 1.44. The third kappa shape index (κ3) is 8.06. The molecule has 0 fully saturated rings. The quantitative estimate of drug-likeness (QED) is 0.127. The van der Waals surface area contributed by atoms with Gasteiger partial charge in [-0.2, -0.15) is 18.3 Å². The molecule has 1 aliphatic heterocycles. The molecule has 4 aromatic rings. The van der Waals surface area contributed by atoms with E-state index in [0.29, 0.717) is 52.5 Å². The Kier molecular flexibility index (Phi) is 10.7. The smallest absolute Gasteiger partial charge is 0.416 e. The van der Waals surface area contributed by atoms with Gasteiger partial charge in [-0.1, -0.05) is 12.1 Å². The molecule has 2 aromatic carbocycles. The van der Waals surface area contributed by atoms with Gasteiger partial charge in [-0.05, 0) is 61.7 Å². The van der Waals surface area contributed by atoms with Gasteiger partial charge in [-0.15, -0.1) is 0 Å². The van der Waals surface area contributed by atoms with E-state index in [-0.39, 0.29) is 37.6 Å². The Morgan fingerprint density at radius 3 is 2.37 bits per heavy atom. The summed E-state index contributed by atoms with van der Waals surface area (Å²) in [7, 11) is 2.71. The summed E-state index contributed by atoms with van der Waals surface area (Å²) in [6, 6.07) is 4.11. The van der Waals surface area contributed by atoms with Gasteiger partial charge in [-0.3, -0.25) is 4.79 Å². The van der Waals surface area contributed by atoms with E-state index in [1.54, 1.807) is 24.4 Å². The van der Waals surface area contributed by atoms with Crippen LogP contribution >= 0.6 is 0 Å². The highest BCUT2D eigenvalue weighted by molar-refractivity contribution is 6.00. The van der Waals surface area contributed by atoms with E-state index in [1.165, 1.54) is 37.6 Å². The minimum Gasteiger partial charge on any atom is -0.469 e. The molecule has 0 saturated carbocycles. The minimum absolute atomic E-state index is 0.0187. The maximum Gasteiger partial charge on any atom is 0.416 e. The number of anilines is 3. The molecule has 13 nitrogen and oxygen atoms in total. The summed E-state index contributed by atoms with van der Waals surface area (Å²) in [5.74, 6) is -2.52. The number of esters is 1. The second-order valence-electron chi connectivity index (χ2n) is 12.3. The summed E-state index contributed by atoms with van der Waals surface area (Å²) in [6.07, 6.45) is -2.13. The Morgan fingerprint density at radius 1 is 1.00 bits per heavy atom. The third-order valence-electron chi connectivity index (χ3n) is 8.12. The molecule has 18 heteroatoms. The molecule has 0 saturated heterocycles. The molecule has 5 rings (SSSR count).